The van der Waals surface area contributed by atoms with Crippen LogP contribution in [0.4, 0.5) is 0 Å². The molecule has 1 aromatic heterocycles. The number of thiophene rings is 1. The molecule has 0 radical (unpaired) electrons. The molecule has 2 saturated heterocycles. The average molecular weight is 377 g/mol. The molecule has 0 bridgehead atoms. The van der Waals surface area contributed by atoms with E-state index in [1.165, 1.54) is 23.3 Å². The number of carbonyl (C=O) groups excluding carboxylic acids is 1. The lowest BCUT2D eigenvalue weighted by molar-refractivity contribution is 0.0182. The van der Waals surface area contributed by atoms with Gasteiger partial charge in [0.2, 0.25) is 0 Å². The number of hydrogen-bond donors (Lipinski definition) is 0. The van der Waals surface area contributed by atoms with E-state index in [0.29, 0.717) is 11.3 Å². The van der Waals surface area contributed by atoms with Gasteiger partial charge in [-0.1, -0.05) is 0 Å². The van der Waals surface area contributed by atoms with E-state index in [1.807, 2.05) is 0 Å². The zero-order chi connectivity index (χ0) is 18.3. The van der Waals surface area contributed by atoms with Crippen molar-refractivity contribution in [3.63, 3.8) is 0 Å². The molecule has 4 rings (SSSR count). The first-order valence-corrected chi connectivity index (χ1v) is 10.9. The Bertz CT molecular complexity index is 639. The van der Waals surface area contributed by atoms with E-state index in [4.69, 9.17) is 4.74 Å². The van der Waals surface area contributed by atoms with Gasteiger partial charge in [-0.05, 0) is 69.5 Å². The van der Waals surface area contributed by atoms with Gasteiger partial charge in [-0.15, -0.1) is 11.3 Å². The quantitative estimate of drug-likeness (QED) is 0.787. The molecule has 0 unspecified atom stereocenters. The van der Waals surface area contributed by atoms with Gasteiger partial charge in [0.25, 0.3) is 5.91 Å². The van der Waals surface area contributed by atoms with Gasteiger partial charge >= 0.3 is 0 Å². The van der Waals surface area contributed by atoms with Gasteiger partial charge in [0.05, 0.1) is 11.5 Å². The maximum atomic E-state index is 12.9. The molecular formula is C21H32N2O2S. The van der Waals surface area contributed by atoms with Crippen molar-refractivity contribution in [1.82, 2.24) is 9.80 Å². The van der Waals surface area contributed by atoms with E-state index in [9.17, 15) is 4.79 Å². The second-order valence-electron chi connectivity index (χ2n) is 8.88. The molecule has 5 heteroatoms. The summed E-state index contributed by atoms with van der Waals surface area (Å²) in [4.78, 5) is 19.6. The molecule has 1 aliphatic carbocycles. The molecule has 1 aromatic rings. The van der Waals surface area contributed by atoms with E-state index in [-0.39, 0.29) is 5.91 Å². The minimum absolute atomic E-state index is 0.230. The van der Waals surface area contributed by atoms with Crippen LogP contribution in [-0.2, 0) is 4.74 Å². The molecule has 1 amide bonds. The van der Waals surface area contributed by atoms with E-state index in [1.54, 1.807) is 11.3 Å². The first-order chi connectivity index (χ1) is 12.5. The summed E-state index contributed by atoms with van der Waals surface area (Å²) in [5, 5.41) is 0. The van der Waals surface area contributed by atoms with E-state index in [0.717, 1.165) is 63.0 Å². The minimum Gasteiger partial charge on any atom is -0.381 e. The van der Waals surface area contributed by atoms with E-state index < -0.39 is 0 Å². The Morgan fingerprint density at radius 3 is 2.62 bits per heavy atom. The van der Waals surface area contributed by atoms with Crippen molar-refractivity contribution in [2.24, 2.45) is 17.3 Å². The predicted molar refractivity (Wildman–Crippen MR) is 106 cm³/mol. The van der Waals surface area contributed by atoms with Crippen LogP contribution in [0.5, 0.6) is 0 Å². The Morgan fingerprint density at radius 2 is 2.00 bits per heavy atom. The molecule has 1 spiro atoms. The van der Waals surface area contributed by atoms with Crippen LogP contribution < -0.4 is 0 Å². The van der Waals surface area contributed by atoms with Crippen molar-refractivity contribution in [2.45, 2.75) is 39.5 Å². The van der Waals surface area contributed by atoms with Gasteiger partial charge in [0, 0.05) is 43.6 Å². The summed E-state index contributed by atoms with van der Waals surface area (Å²) in [5.74, 6) is 1.69. The van der Waals surface area contributed by atoms with Crippen LogP contribution in [0, 0.1) is 31.1 Å². The van der Waals surface area contributed by atoms with Crippen molar-refractivity contribution in [1.29, 1.82) is 0 Å². The lowest BCUT2D eigenvalue weighted by atomic mass is 9.71. The van der Waals surface area contributed by atoms with Crippen LogP contribution >= 0.6 is 11.3 Å². The largest absolute Gasteiger partial charge is 0.381 e. The Kier molecular flexibility index (Phi) is 5.15. The normalized spacial score (nSPS) is 26.0. The predicted octanol–water partition coefficient (Wildman–Crippen LogP) is 3.58. The van der Waals surface area contributed by atoms with Gasteiger partial charge in [0.1, 0.15) is 0 Å². The Morgan fingerprint density at radius 1 is 1.27 bits per heavy atom. The van der Waals surface area contributed by atoms with Crippen LogP contribution in [0.1, 0.15) is 45.8 Å². The molecule has 3 fully saturated rings. The van der Waals surface area contributed by atoms with Crippen molar-refractivity contribution in [3.8, 4) is 0 Å². The number of piperidine rings is 1. The number of likely N-dealkylation sites (tertiary alicyclic amines) is 2. The Labute approximate surface area is 161 Å². The van der Waals surface area contributed by atoms with Crippen LogP contribution in [0.2, 0.25) is 0 Å². The summed E-state index contributed by atoms with van der Waals surface area (Å²) < 4.78 is 6.07. The topological polar surface area (TPSA) is 32.8 Å². The summed E-state index contributed by atoms with van der Waals surface area (Å²) in [5.41, 5.74) is 1.58. The molecule has 2 aliphatic heterocycles. The van der Waals surface area contributed by atoms with Crippen molar-refractivity contribution >= 4 is 17.2 Å². The van der Waals surface area contributed by atoms with Crippen molar-refractivity contribution < 1.29 is 9.53 Å². The summed E-state index contributed by atoms with van der Waals surface area (Å²) in [6.07, 6.45) is 4.94. The van der Waals surface area contributed by atoms with Crippen LogP contribution in [-0.4, -0.2) is 62.1 Å². The third-order valence-electron chi connectivity index (χ3n) is 6.78. The number of ether oxygens (including phenoxy) is 1. The molecule has 1 atom stereocenters. The third-order valence-corrected chi connectivity index (χ3v) is 7.92. The van der Waals surface area contributed by atoms with Crippen LogP contribution in [0.3, 0.4) is 0 Å². The first kappa shape index (κ1) is 18.5. The lowest BCUT2D eigenvalue weighted by Gasteiger charge is -2.42. The summed E-state index contributed by atoms with van der Waals surface area (Å²) in [7, 11) is 2.23. The van der Waals surface area contributed by atoms with Gasteiger partial charge in [-0.25, -0.2) is 0 Å². The van der Waals surface area contributed by atoms with E-state index >= 15 is 0 Å². The van der Waals surface area contributed by atoms with Gasteiger partial charge in [-0.3, -0.25) is 4.79 Å². The highest BCUT2D eigenvalue weighted by atomic mass is 32.1. The maximum Gasteiger partial charge on any atom is 0.263 e. The number of aryl methyl sites for hydroxylation is 2. The second-order valence-corrected chi connectivity index (χ2v) is 10.1. The molecule has 144 valence electrons. The highest BCUT2D eigenvalue weighted by Gasteiger charge is 2.47. The fourth-order valence-electron chi connectivity index (χ4n) is 4.75. The molecule has 26 heavy (non-hydrogen) atoms. The fraction of sp³-hybridized carbons (Fsp3) is 0.762. The van der Waals surface area contributed by atoms with Gasteiger partial charge < -0.3 is 14.5 Å². The average Bonchev–Trinajstić information content (AvgIpc) is 3.31. The molecular weight excluding hydrogens is 344 g/mol. The smallest absolute Gasteiger partial charge is 0.263 e. The van der Waals surface area contributed by atoms with Gasteiger partial charge in [-0.2, -0.15) is 0 Å². The zero-order valence-corrected chi connectivity index (χ0v) is 17.2. The highest BCUT2D eigenvalue weighted by molar-refractivity contribution is 7.14. The number of amides is 1. The minimum atomic E-state index is 0.230. The number of carbonyl (C=O) groups is 1. The monoisotopic (exact) mass is 376 g/mol. The first-order valence-electron chi connectivity index (χ1n) is 10.1. The molecule has 3 aliphatic rings. The lowest BCUT2D eigenvalue weighted by Crippen LogP contribution is -2.47. The number of rotatable bonds is 5. The Balaban J connectivity index is 1.36. The summed E-state index contributed by atoms with van der Waals surface area (Å²) in [6.45, 7) is 10.1. The maximum absolute atomic E-state index is 12.9. The molecule has 0 N–H and O–H groups in total. The highest BCUT2D eigenvalue weighted by Crippen LogP contribution is 2.45. The summed E-state index contributed by atoms with van der Waals surface area (Å²) >= 11 is 1.64. The third kappa shape index (κ3) is 3.71. The number of hydrogen-bond acceptors (Lipinski definition) is 4. The second kappa shape index (κ2) is 7.25. The zero-order valence-electron chi connectivity index (χ0n) is 16.4. The molecule has 1 saturated carbocycles. The van der Waals surface area contributed by atoms with Crippen LogP contribution in [0.15, 0.2) is 6.07 Å². The standard InChI is InChI=1S/C21H32N2O2S/c1-15-10-19(26-16(15)2)20(24)23-8-6-21(7-9-23)14-22(3)11-18(21)13-25-12-17-4-5-17/h10,17-18H,4-9,11-14H2,1-3H3/t18-/m1/s1. The SMILES string of the molecule is Cc1cc(C(=O)N2CCC3(CC2)CN(C)C[C@@H]3COCC2CC2)sc1C. The fourth-order valence-corrected chi connectivity index (χ4v) is 5.75. The molecule has 0 aromatic carbocycles. The Hall–Kier alpha value is -0.910. The van der Waals surface area contributed by atoms with Crippen molar-refractivity contribution in [2.75, 3.05) is 46.4 Å². The van der Waals surface area contributed by atoms with Crippen LogP contribution in [0.25, 0.3) is 0 Å². The molecule has 3 heterocycles. The van der Waals surface area contributed by atoms with E-state index in [2.05, 4.69) is 36.8 Å². The van der Waals surface area contributed by atoms with Crippen molar-refractivity contribution in [3.05, 3.63) is 21.4 Å². The summed E-state index contributed by atoms with van der Waals surface area (Å²) in [6, 6.07) is 2.06. The number of nitrogens with zero attached hydrogens (tertiary/aromatic N) is 2. The molecule has 4 nitrogen and oxygen atoms in total. The van der Waals surface area contributed by atoms with Gasteiger partial charge in [0.15, 0.2) is 0 Å².